The molecule has 0 bridgehead atoms. The van der Waals surface area contributed by atoms with Gasteiger partial charge in [0.05, 0.1) is 16.6 Å². The van der Waals surface area contributed by atoms with Crippen molar-refractivity contribution in [2.75, 3.05) is 0 Å². The van der Waals surface area contributed by atoms with E-state index in [0.29, 0.717) is 27.2 Å². The number of carbonyl (C=O) groups excluding carboxylic acids is 1. The van der Waals surface area contributed by atoms with Crippen LogP contribution in [-0.4, -0.2) is 21.5 Å². The highest BCUT2D eigenvalue weighted by Gasteiger charge is 2.18. The van der Waals surface area contributed by atoms with Gasteiger partial charge in [-0.05, 0) is 49.2 Å². The molecule has 0 aliphatic heterocycles. The lowest BCUT2D eigenvalue weighted by molar-refractivity contribution is 0.0938. The summed E-state index contributed by atoms with van der Waals surface area (Å²) < 4.78 is 1.45. The average molecular weight is 368 g/mol. The molecule has 1 N–H and O–H groups in total. The van der Waals surface area contributed by atoms with E-state index >= 15 is 0 Å². The van der Waals surface area contributed by atoms with Crippen molar-refractivity contribution in [3.05, 3.63) is 69.7 Å². The van der Waals surface area contributed by atoms with Gasteiger partial charge >= 0.3 is 0 Å². The summed E-state index contributed by atoms with van der Waals surface area (Å²) in [7, 11) is 0. The molecule has 1 amide bonds. The molecule has 2 aromatic carbocycles. The van der Waals surface area contributed by atoms with Crippen LogP contribution in [0.4, 0.5) is 0 Å². The van der Waals surface area contributed by atoms with Crippen molar-refractivity contribution in [2.45, 2.75) is 31.7 Å². The lowest BCUT2D eigenvalue weighted by Gasteiger charge is -2.12. The molecule has 0 saturated heterocycles. The van der Waals surface area contributed by atoms with Gasteiger partial charge in [-0.25, -0.2) is 4.98 Å². The van der Waals surface area contributed by atoms with E-state index in [2.05, 4.69) is 10.3 Å². The number of aromatic nitrogens is 2. The standard InChI is InChI=1S/C20H18ClN3O2/c21-14-4-3-7-16(11-14)24-12-22-18-10-13(8-9-17(18)20(24)26)19(25)23-15-5-1-2-6-15/h3-4,7-12,15H,1-2,5-6H2,(H,23,25). The molecule has 3 aromatic rings. The van der Waals surface area contributed by atoms with Crippen molar-refractivity contribution in [1.29, 1.82) is 0 Å². The van der Waals surface area contributed by atoms with Crippen molar-refractivity contribution in [3.8, 4) is 5.69 Å². The zero-order chi connectivity index (χ0) is 18.1. The van der Waals surface area contributed by atoms with Gasteiger partial charge in [0.15, 0.2) is 0 Å². The van der Waals surface area contributed by atoms with Gasteiger partial charge in [0.25, 0.3) is 11.5 Å². The van der Waals surface area contributed by atoms with Gasteiger partial charge in [0.1, 0.15) is 6.33 Å². The van der Waals surface area contributed by atoms with Crippen LogP contribution in [0.2, 0.25) is 5.02 Å². The van der Waals surface area contributed by atoms with Crippen LogP contribution in [0.15, 0.2) is 53.6 Å². The summed E-state index contributed by atoms with van der Waals surface area (Å²) in [5.74, 6) is -0.111. The van der Waals surface area contributed by atoms with Gasteiger partial charge in [-0.15, -0.1) is 0 Å². The Morgan fingerprint density at radius 3 is 2.73 bits per heavy atom. The van der Waals surface area contributed by atoms with Gasteiger partial charge < -0.3 is 5.32 Å². The fourth-order valence-corrected chi connectivity index (χ4v) is 3.60. The number of hydrogen-bond acceptors (Lipinski definition) is 3. The van der Waals surface area contributed by atoms with E-state index in [9.17, 15) is 9.59 Å². The quantitative estimate of drug-likeness (QED) is 0.767. The summed E-state index contributed by atoms with van der Waals surface area (Å²) in [6.45, 7) is 0. The fraction of sp³-hybridized carbons (Fsp3) is 0.250. The minimum absolute atomic E-state index is 0.111. The van der Waals surface area contributed by atoms with Crippen molar-refractivity contribution in [1.82, 2.24) is 14.9 Å². The lowest BCUT2D eigenvalue weighted by atomic mass is 10.1. The zero-order valence-electron chi connectivity index (χ0n) is 14.1. The Balaban J connectivity index is 1.68. The van der Waals surface area contributed by atoms with E-state index in [0.717, 1.165) is 25.7 Å². The van der Waals surface area contributed by atoms with E-state index in [1.807, 2.05) is 0 Å². The molecule has 1 aromatic heterocycles. The Bertz CT molecular complexity index is 1040. The van der Waals surface area contributed by atoms with Crippen molar-refractivity contribution in [3.63, 3.8) is 0 Å². The van der Waals surface area contributed by atoms with Gasteiger partial charge in [-0.3, -0.25) is 14.2 Å². The van der Waals surface area contributed by atoms with Crippen molar-refractivity contribution in [2.24, 2.45) is 0 Å². The number of amides is 1. The SMILES string of the molecule is O=C(NC1CCCC1)c1ccc2c(=O)n(-c3cccc(Cl)c3)cnc2c1. The number of benzene rings is 2. The summed E-state index contributed by atoms with van der Waals surface area (Å²) in [4.78, 5) is 29.6. The highest BCUT2D eigenvalue weighted by Crippen LogP contribution is 2.19. The van der Waals surface area contributed by atoms with Crippen LogP contribution in [-0.2, 0) is 0 Å². The zero-order valence-corrected chi connectivity index (χ0v) is 14.9. The summed E-state index contributed by atoms with van der Waals surface area (Å²) in [6.07, 6.45) is 5.85. The van der Waals surface area contributed by atoms with Crippen LogP contribution < -0.4 is 10.9 Å². The van der Waals surface area contributed by atoms with E-state index in [1.165, 1.54) is 10.9 Å². The molecule has 1 aliphatic rings. The molecule has 132 valence electrons. The Hall–Kier alpha value is -2.66. The highest BCUT2D eigenvalue weighted by molar-refractivity contribution is 6.30. The molecule has 5 nitrogen and oxygen atoms in total. The Labute approximate surface area is 155 Å². The topological polar surface area (TPSA) is 64.0 Å². The van der Waals surface area contributed by atoms with Crippen LogP contribution in [0.25, 0.3) is 16.6 Å². The molecule has 1 fully saturated rings. The number of nitrogens with one attached hydrogen (secondary N) is 1. The molecule has 1 saturated carbocycles. The molecule has 0 atom stereocenters. The van der Waals surface area contributed by atoms with Gasteiger partial charge in [0, 0.05) is 16.6 Å². The first-order valence-corrected chi connectivity index (χ1v) is 9.08. The second kappa shape index (κ2) is 6.92. The van der Waals surface area contributed by atoms with Gasteiger partial charge in [-0.2, -0.15) is 0 Å². The normalized spacial score (nSPS) is 14.7. The molecular formula is C20H18ClN3O2. The molecule has 0 unspecified atom stereocenters. The maximum Gasteiger partial charge on any atom is 0.265 e. The summed E-state index contributed by atoms with van der Waals surface area (Å²) in [5, 5.41) is 4.07. The molecular weight excluding hydrogens is 350 g/mol. The Kier molecular flexibility index (Phi) is 4.47. The molecule has 1 aliphatic carbocycles. The summed E-state index contributed by atoms with van der Waals surface area (Å²) in [6, 6.07) is 12.3. The molecule has 0 spiro atoms. The third-order valence-electron chi connectivity index (χ3n) is 4.80. The molecule has 4 rings (SSSR count). The van der Waals surface area contributed by atoms with Gasteiger partial charge in [0.2, 0.25) is 0 Å². The number of carbonyl (C=O) groups is 1. The molecule has 0 radical (unpaired) electrons. The minimum Gasteiger partial charge on any atom is -0.349 e. The van der Waals surface area contributed by atoms with Crippen LogP contribution in [0.3, 0.4) is 0 Å². The first-order valence-electron chi connectivity index (χ1n) is 8.70. The maximum atomic E-state index is 12.8. The lowest BCUT2D eigenvalue weighted by Crippen LogP contribution is -2.32. The Morgan fingerprint density at radius 1 is 1.15 bits per heavy atom. The largest absolute Gasteiger partial charge is 0.349 e. The Morgan fingerprint density at radius 2 is 1.96 bits per heavy atom. The average Bonchev–Trinajstić information content (AvgIpc) is 3.14. The number of halogens is 1. The second-order valence-corrected chi connectivity index (χ2v) is 7.02. The highest BCUT2D eigenvalue weighted by atomic mass is 35.5. The molecule has 1 heterocycles. The summed E-state index contributed by atoms with van der Waals surface area (Å²) in [5.41, 5.74) is 1.49. The van der Waals surface area contributed by atoms with E-state index < -0.39 is 0 Å². The minimum atomic E-state index is -0.194. The van der Waals surface area contributed by atoms with Crippen LogP contribution >= 0.6 is 11.6 Å². The molecule has 26 heavy (non-hydrogen) atoms. The fourth-order valence-electron chi connectivity index (χ4n) is 3.41. The summed E-state index contributed by atoms with van der Waals surface area (Å²) >= 11 is 6.01. The second-order valence-electron chi connectivity index (χ2n) is 6.59. The van der Waals surface area contributed by atoms with Crippen molar-refractivity contribution >= 4 is 28.4 Å². The van der Waals surface area contributed by atoms with Crippen LogP contribution in [0, 0.1) is 0 Å². The van der Waals surface area contributed by atoms with Crippen LogP contribution in [0.5, 0.6) is 0 Å². The third-order valence-corrected chi connectivity index (χ3v) is 5.03. The van der Waals surface area contributed by atoms with Crippen LogP contribution in [0.1, 0.15) is 36.0 Å². The predicted octanol–water partition coefficient (Wildman–Crippen LogP) is 3.71. The molecule has 6 heteroatoms. The number of hydrogen-bond donors (Lipinski definition) is 1. The number of fused-ring (bicyclic) bond motifs is 1. The van der Waals surface area contributed by atoms with E-state index in [-0.39, 0.29) is 17.5 Å². The van der Waals surface area contributed by atoms with Crippen molar-refractivity contribution < 1.29 is 4.79 Å². The smallest absolute Gasteiger partial charge is 0.265 e. The predicted molar refractivity (Wildman–Crippen MR) is 102 cm³/mol. The third kappa shape index (κ3) is 3.22. The first kappa shape index (κ1) is 16.8. The maximum absolute atomic E-state index is 12.8. The monoisotopic (exact) mass is 367 g/mol. The first-order chi connectivity index (χ1) is 12.6. The number of nitrogens with zero attached hydrogens (tertiary/aromatic N) is 2. The van der Waals surface area contributed by atoms with E-state index in [4.69, 9.17) is 11.6 Å². The number of rotatable bonds is 3. The van der Waals surface area contributed by atoms with E-state index in [1.54, 1.807) is 42.5 Å². The van der Waals surface area contributed by atoms with Gasteiger partial charge in [-0.1, -0.05) is 30.5 Å².